The van der Waals surface area contributed by atoms with Crippen molar-refractivity contribution >= 4 is 17.6 Å². The highest BCUT2D eigenvalue weighted by Crippen LogP contribution is 2.63. The Bertz CT molecular complexity index is 906. The Morgan fingerprint density at radius 3 is 1.93 bits per heavy atom. The van der Waals surface area contributed by atoms with E-state index in [1.54, 1.807) is 0 Å². The summed E-state index contributed by atoms with van der Waals surface area (Å²) in [6.07, 6.45) is -7.57. The van der Waals surface area contributed by atoms with Gasteiger partial charge in [0.05, 0.1) is 11.5 Å². The lowest BCUT2D eigenvalue weighted by Gasteiger charge is -2.14. The molecule has 158 valence electrons. The summed E-state index contributed by atoms with van der Waals surface area (Å²) < 4.78 is 109. The van der Waals surface area contributed by atoms with Crippen LogP contribution in [-0.2, 0) is 9.53 Å². The van der Waals surface area contributed by atoms with Crippen LogP contribution < -0.4 is 0 Å². The van der Waals surface area contributed by atoms with Crippen LogP contribution in [0.25, 0.3) is 0 Å². The molecule has 1 saturated carbocycles. The number of esters is 1. The summed E-state index contributed by atoms with van der Waals surface area (Å²) in [4.78, 5) is 12.3. The average molecular weight is 448 g/mol. The van der Waals surface area contributed by atoms with Crippen LogP contribution in [0.2, 0.25) is 0 Å². The number of hydrogen-bond acceptors (Lipinski definition) is 3. The molecule has 0 N–H and O–H groups in total. The highest BCUT2D eigenvalue weighted by atomic mass is 35.5. The van der Waals surface area contributed by atoms with Gasteiger partial charge in [0.2, 0.25) is 11.9 Å². The van der Waals surface area contributed by atoms with Crippen molar-refractivity contribution in [2.75, 3.05) is 0 Å². The second-order valence-corrected chi connectivity index (χ2v) is 7.21. The number of hydrogen-bond donors (Lipinski definition) is 0. The van der Waals surface area contributed by atoms with E-state index in [1.165, 1.54) is 13.8 Å². The van der Waals surface area contributed by atoms with Crippen LogP contribution in [0, 0.1) is 57.7 Å². The molecule has 29 heavy (non-hydrogen) atoms. The van der Waals surface area contributed by atoms with E-state index in [2.05, 4.69) is 4.74 Å². The maximum Gasteiger partial charge on any atom is 0.410 e. The molecule has 12 heteroatoms. The molecular formula is C17H10ClF8NO2. The van der Waals surface area contributed by atoms with Gasteiger partial charge < -0.3 is 4.74 Å². The molecule has 1 aromatic carbocycles. The smallest absolute Gasteiger partial charge is 0.410 e. The first kappa shape index (κ1) is 22.9. The van der Waals surface area contributed by atoms with Gasteiger partial charge in [-0.05, 0) is 5.41 Å². The molecule has 3 atom stereocenters. The third kappa shape index (κ3) is 4.17. The average Bonchev–Trinajstić information content (AvgIpc) is 3.18. The van der Waals surface area contributed by atoms with Crippen LogP contribution in [0.4, 0.5) is 35.1 Å². The molecule has 2 rings (SSSR count). The number of benzene rings is 1. The Morgan fingerprint density at radius 1 is 1.07 bits per heavy atom. The van der Waals surface area contributed by atoms with Crippen molar-refractivity contribution in [2.45, 2.75) is 26.1 Å². The van der Waals surface area contributed by atoms with E-state index in [0.717, 1.165) is 6.07 Å². The fraction of sp³-hybridized carbons (Fsp3) is 0.412. The van der Waals surface area contributed by atoms with Gasteiger partial charge in [-0.3, -0.25) is 4.79 Å². The highest BCUT2D eigenvalue weighted by molar-refractivity contribution is 6.30. The van der Waals surface area contributed by atoms with Crippen molar-refractivity contribution in [3.05, 3.63) is 45.8 Å². The lowest BCUT2D eigenvalue weighted by molar-refractivity contribution is -0.149. The molecule has 0 saturated heterocycles. The van der Waals surface area contributed by atoms with E-state index in [4.69, 9.17) is 16.9 Å². The molecule has 1 aliphatic carbocycles. The van der Waals surface area contributed by atoms with Gasteiger partial charge in [-0.1, -0.05) is 25.4 Å². The minimum Gasteiger partial charge on any atom is -0.441 e. The number of ether oxygens (including phenoxy) is 1. The Balaban J connectivity index is 2.34. The van der Waals surface area contributed by atoms with Gasteiger partial charge in [0.25, 0.3) is 0 Å². The molecule has 0 heterocycles. The summed E-state index contributed by atoms with van der Waals surface area (Å²) in [5, 5.41) is 8.26. The highest BCUT2D eigenvalue weighted by Gasteiger charge is 2.64. The van der Waals surface area contributed by atoms with Crippen LogP contribution in [0.1, 0.15) is 25.5 Å². The molecule has 1 aromatic rings. The van der Waals surface area contributed by atoms with Crippen LogP contribution in [0.15, 0.2) is 11.1 Å². The first-order chi connectivity index (χ1) is 13.1. The zero-order valence-corrected chi connectivity index (χ0v) is 15.2. The number of nitriles is 1. The lowest BCUT2D eigenvalue weighted by atomic mass is 10.1. The van der Waals surface area contributed by atoms with Gasteiger partial charge in [0.1, 0.15) is 6.07 Å². The summed E-state index contributed by atoms with van der Waals surface area (Å²) in [7, 11) is 0. The van der Waals surface area contributed by atoms with Crippen molar-refractivity contribution in [3.8, 4) is 6.07 Å². The zero-order chi connectivity index (χ0) is 22.5. The topological polar surface area (TPSA) is 50.1 Å². The molecule has 0 bridgehead atoms. The minimum absolute atomic E-state index is 0.250. The first-order valence-electron chi connectivity index (χ1n) is 7.71. The van der Waals surface area contributed by atoms with Gasteiger partial charge in [0, 0.05) is 17.0 Å². The van der Waals surface area contributed by atoms with Gasteiger partial charge in [-0.2, -0.15) is 18.4 Å². The fourth-order valence-corrected chi connectivity index (χ4v) is 3.56. The van der Waals surface area contributed by atoms with Crippen LogP contribution >= 0.6 is 11.6 Å². The minimum atomic E-state index is -4.78. The molecule has 1 fully saturated rings. The Hall–Kier alpha value is -2.35. The van der Waals surface area contributed by atoms with E-state index in [9.17, 15) is 39.9 Å². The van der Waals surface area contributed by atoms with Crippen molar-refractivity contribution in [1.29, 1.82) is 5.26 Å². The van der Waals surface area contributed by atoms with Crippen molar-refractivity contribution in [1.82, 2.24) is 0 Å². The van der Waals surface area contributed by atoms with Gasteiger partial charge in [-0.15, -0.1) is 0 Å². The molecule has 0 aliphatic heterocycles. The van der Waals surface area contributed by atoms with E-state index in [0.29, 0.717) is 0 Å². The predicted molar refractivity (Wildman–Crippen MR) is 81.4 cm³/mol. The molecule has 1 aliphatic rings. The van der Waals surface area contributed by atoms with Crippen molar-refractivity contribution < 1.29 is 44.7 Å². The molecular weight excluding hydrogens is 438 g/mol. The summed E-state index contributed by atoms with van der Waals surface area (Å²) in [5.41, 5.74) is -2.86. The summed E-state index contributed by atoms with van der Waals surface area (Å²) in [6.45, 7) is 2.69. The number of rotatable bonds is 4. The largest absolute Gasteiger partial charge is 0.441 e. The first-order valence-corrected chi connectivity index (χ1v) is 8.09. The Morgan fingerprint density at radius 2 is 1.52 bits per heavy atom. The molecule has 0 spiro atoms. The normalized spacial score (nSPS) is 22.1. The third-order valence-electron chi connectivity index (χ3n) is 4.54. The van der Waals surface area contributed by atoms with E-state index in [-0.39, 0.29) is 6.08 Å². The molecule has 0 radical (unpaired) electrons. The predicted octanol–water partition coefficient (Wildman–Crippen LogP) is 5.45. The lowest BCUT2D eigenvalue weighted by Crippen LogP contribution is -2.18. The maximum atomic E-state index is 13.8. The maximum absolute atomic E-state index is 13.8. The number of carbonyl (C=O) groups excluding carboxylic acids is 1. The standard InChI is InChI=1S/C17H10ClF8NO2/c1-16(2)8(5(18)3-17(24,25)26)9(16)15(28)29-6(4-27)7-10(19)12(21)14(23)13(22)11(7)20/h3,6,8-9H,1-2H3/b5-3-/t6?,8-,9-/m1/s1. The number of allylic oxidation sites excluding steroid dienone is 2. The third-order valence-corrected chi connectivity index (χ3v) is 4.88. The van der Waals surface area contributed by atoms with Crippen molar-refractivity contribution in [3.63, 3.8) is 0 Å². The van der Waals surface area contributed by atoms with Gasteiger partial charge in [0.15, 0.2) is 23.3 Å². The molecule has 1 unspecified atom stereocenters. The summed E-state index contributed by atoms with van der Waals surface area (Å²) in [5.74, 6) is -15.8. The second kappa shape index (κ2) is 7.48. The number of carbonyl (C=O) groups is 1. The number of nitrogens with zero attached hydrogens (tertiary/aromatic N) is 1. The monoisotopic (exact) mass is 447 g/mol. The second-order valence-electron chi connectivity index (χ2n) is 6.78. The van der Waals surface area contributed by atoms with Crippen LogP contribution in [-0.4, -0.2) is 12.1 Å². The van der Waals surface area contributed by atoms with Crippen molar-refractivity contribution in [2.24, 2.45) is 17.3 Å². The molecule has 0 aromatic heterocycles. The van der Waals surface area contributed by atoms with E-state index < -0.39 is 75.2 Å². The van der Waals surface area contributed by atoms with E-state index in [1.807, 2.05) is 0 Å². The number of alkyl halides is 3. The Kier molecular flexibility index (Phi) is 5.91. The van der Waals surface area contributed by atoms with Gasteiger partial charge in [-0.25, -0.2) is 22.0 Å². The number of halogens is 9. The summed E-state index contributed by atoms with van der Waals surface area (Å²) >= 11 is 5.59. The SMILES string of the molecule is CC1(C)[C@H](/C(Cl)=C/C(F)(F)F)[C@@H]1C(=O)OC(C#N)c1c(F)c(F)c(F)c(F)c1F. The van der Waals surface area contributed by atoms with Crippen LogP contribution in [0.3, 0.4) is 0 Å². The Labute approximate surface area is 163 Å². The quantitative estimate of drug-likeness (QED) is 0.267. The summed E-state index contributed by atoms with van der Waals surface area (Å²) in [6, 6.07) is 1.09. The molecule has 0 amide bonds. The van der Waals surface area contributed by atoms with Gasteiger partial charge >= 0.3 is 12.1 Å². The van der Waals surface area contributed by atoms with E-state index >= 15 is 0 Å². The van der Waals surface area contributed by atoms with Crippen LogP contribution in [0.5, 0.6) is 0 Å². The zero-order valence-electron chi connectivity index (χ0n) is 14.5. The fourth-order valence-electron chi connectivity index (χ4n) is 3.03. The molecule has 3 nitrogen and oxygen atoms in total.